The van der Waals surface area contributed by atoms with E-state index in [1.54, 1.807) is 29.8 Å². The lowest BCUT2D eigenvalue weighted by Crippen LogP contribution is -2.32. The summed E-state index contributed by atoms with van der Waals surface area (Å²) in [5.41, 5.74) is 3.35. The SMILES string of the molecule is [2H]C([2H])([2H])CC1(CC([2H])([2H])[2H])c2ccccc2-c2c1ccc1c2oc2c(-c3cc(C([2H])([2H])[2H])c(C([2H])(C)C([2H])([2H])[2H])c[n+]3C)c(C)ccc21. The van der Waals surface area contributed by atoms with E-state index in [-0.39, 0.29) is 24.0 Å². The molecule has 0 saturated carbocycles. The molecule has 2 heterocycles. The van der Waals surface area contributed by atoms with Crippen LogP contribution in [-0.4, -0.2) is 0 Å². The van der Waals surface area contributed by atoms with Crippen LogP contribution in [0.15, 0.2) is 65.2 Å². The van der Waals surface area contributed by atoms with Crippen molar-refractivity contribution in [1.82, 2.24) is 0 Å². The van der Waals surface area contributed by atoms with E-state index >= 15 is 0 Å². The van der Waals surface area contributed by atoms with Crippen LogP contribution >= 0.6 is 0 Å². The predicted molar refractivity (Wildman–Crippen MR) is 151 cm³/mol. The maximum absolute atomic E-state index is 8.71. The molecular formula is C34H36NO+. The summed E-state index contributed by atoms with van der Waals surface area (Å²) in [6.07, 6.45) is 0.622. The average molecular weight is 488 g/mol. The molecule has 1 aliphatic rings. The number of benzene rings is 3. The quantitative estimate of drug-likeness (QED) is 0.231. The molecule has 0 N–H and O–H groups in total. The number of rotatable bonds is 4. The van der Waals surface area contributed by atoms with Gasteiger partial charge >= 0.3 is 0 Å². The van der Waals surface area contributed by atoms with Crippen molar-refractivity contribution in [2.24, 2.45) is 7.05 Å². The zero-order valence-electron chi connectivity index (χ0n) is 33.5. The Hall–Kier alpha value is -3.39. The van der Waals surface area contributed by atoms with Gasteiger partial charge in [-0.25, -0.2) is 4.57 Å². The molecule has 182 valence electrons. The van der Waals surface area contributed by atoms with Crippen molar-refractivity contribution in [3.05, 3.63) is 88.6 Å². The van der Waals surface area contributed by atoms with Gasteiger partial charge in [-0.15, -0.1) is 0 Å². The molecule has 1 atom stereocenters. The first-order valence-electron chi connectivity index (χ1n) is 18.5. The van der Waals surface area contributed by atoms with E-state index in [0.717, 1.165) is 5.56 Å². The molecule has 0 radical (unpaired) electrons. The molecule has 0 fully saturated rings. The van der Waals surface area contributed by atoms with Crippen molar-refractivity contribution in [1.29, 1.82) is 0 Å². The molecule has 0 bridgehead atoms. The first-order chi connectivity index (χ1) is 22.4. The van der Waals surface area contributed by atoms with Gasteiger partial charge in [0.1, 0.15) is 18.2 Å². The van der Waals surface area contributed by atoms with Crippen LogP contribution < -0.4 is 4.57 Å². The minimum absolute atomic E-state index is 0.137. The van der Waals surface area contributed by atoms with Gasteiger partial charge in [-0.2, -0.15) is 0 Å². The van der Waals surface area contributed by atoms with Gasteiger partial charge in [0.25, 0.3) is 0 Å². The Kier molecular flexibility index (Phi) is 2.85. The zero-order chi connectivity index (χ0) is 36.3. The molecule has 36 heavy (non-hydrogen) atoms. The number of nitrogens with zero attached hydrogens (tertiary/aromatic N) is 1. The summed E-state index contributed by atoms with van der Waals surface area (Å²) in [7, 11) is 1.66. The summed E-state index contributed by atoms with van der Waals surface area (Å²) in [4.78, 5) is 0. The fourth-order valence-electron chi connectivity index (χ4n) is 5.89. The van der Waals surface area contributed by atoms with Crippen molar-refractivity contribution in [3.8, 4) is 22.4 Å². The van der Waals surface area contributed by atoms with Gasteiger partial charge in [-0.3, -0.25) is 0 Å². The number of fused-ring (bicyclic) bond motifs is 7. The first kappa shape index (κ1) is 12.7. The summed E-state index contributed by atoms with van der Waals surface area (Å²) in [5, 5.41) is 1.41. The highest BCUT2D eigenvalue weighted by Crippen LogP contribution is 2.55. The monoisotopic (exact) mass is 487 g/mol. The number of hydrogen-bond acceptors (Lipinski definition) is 1. The molecule has 0 saturated heterocycles. The van der Waals surface area contributed by atoms with Crippen LogP contribution in [0.4, 0.5) is 0 Å². The van der Waals surface area contributed by atoms with Crippen LogP contribution in [0.2, 0.25) is 0 Å². The topological polar surface area (TPSA) is 17.0 Å². The normalized spacial score (nSPS) is 22.5. The lowest BCUT2D eigenvalue weighted by atomic mass is 9.74. The summed E-state index contributed by atoms with van der Waals surface area (Å²) in [6.45, 7) is -7.39. The van der Waals surface area contributed by atoms with Crippen molar-refractivity contribution in [3.63, 3.8) is 0 Å². The molecule has 6 rings (SSSR count). The van der Waals surface area contributed by atoms with E-state index in [2.05, 4.69) is 0 Å². The molecule has 3 aromatic carbocycles. The third kappa shape index (κ3) is 2.94. The van der Waals surface area contributed by atoms with E-state index in [0.29, 0.717) is 55.4 Å². The first-order valence-corrected chi connectivity index (χ1v) is 12.0. The maximum Gasteiger partial charge on any atom is 0.216 e. The second-order valence-corrected chi connectivity index (χ2v) is 9.80. The third-order valence-electron chi connectivity index (χ3n) is 7.78. The molecular weight excluding hydrogens is 438 g/mol. The van der Waals surface area contributed by atoms with Gasteiger partial charge in [0.2, 0.25) is 5.69 Å². The Morgan fingerprint density at radius 3 is 2.44 bits per heavy atom. The van der Waals surface area contributed by atoms with Gasteiger partial charge in [-0.05, 0) is 60.3 Å². The van der Waals surface area contributed by atoms with Crippen molar-refractivity contribution in [2.75, 3.05) is 0 Å². The molecule has 0 aliphatic heterocycles. The Bertz CT molecular complexity index is 2110. The van der Waals surface area contributed by atoms with E-state index in [1.165, 1.54) is 19.2 Å². The van der Waals surface area contributed by atoms with Crippen LogP contribution in [0.5, 0.6) is 0 Å². The molecule has 0 amide bonds. The van der Waals surface area contributed by atoms with E-state index in [1.807, 2.05) is 37.3 Å². The van der Waals surface area contributed by atoms with Gasteiger partial charge < -0.3 is 4.42 Å². The molecule has 2 heteroatoms. The average Bonchev–Trinajstić information content (AvgIpc) is 3.43. The molecule has 2 nitrogen and oxygen atoms in total. The summed E-state index contributed by atoms with van der Waals surface area (Å²) in [5.74, 6) is -2.21. The van der Waals surface area contributed by atoms with Crippen LogP contribution in [-0.2, 0) is 12.5 Å². The predicted octanol–water partition coefficient (Wildman–Crippen LogP) is 8.90. The van der Waals surface area contributed by atoms with Gasteiger partial charge in [-0.1, -0.05) is 76.0 Å². The van der Waals surface area contributed by atoms with Gasteiger partial charge in [0, 0.05) is 51.2 Å². The zero-order valence-corrected chi connectivity index (χ0v) is 20.5. The summed E-state index contributed by atoms with van der Waals surface area (Å²) in [6, 6.07) is 16.0. The number of hydrogen-bond donors (Lipinski definition) is 0. The Morgan fingerprint density at radius 2 is 1.69 bits per heavy atom. The minimum atomic E-state index is -2.80. The molecule has 2 aromatic heterocycles. The fraction of sp³-hybridized carbons (Fsp3) is 0.324. The van der Waals surface area contributed by atoms with Crippen molar-refractivity contribution < 1.29 is 26.8 Å². The highest BCUT2D eigenvalue weighted by Gasteiger charge is 2.42. The second-order valence-electron chi connectivity index (χ2n) is 9.80. The van der Waals surface area contributed by atoms with Crippen LogP contribution in [0.25, 0.3) is 44.3 Å². The smallest absolute Gasteiger partial charge is 0.216 e. The van der Waals surface area contributed by atoms with Crippen LogP contribution in [0, 0.1) is 13.8 Å². The Balaban J connectivity index is 1.69. The lowest BCUT2D eigenvalue weighted by molar-refractivity contribution is -0.660. The number of aromatic nitrogens is 1. The van der Waals surface area contributed by atoms with E-state index < -0.39 is 38.7 Å². The van der Waals surface area contributed by atoms with Crippen LogP contribution in [0.1, 0.15) is 91.9 Å². The minimum Gasteiger partial charge on any atom is -0.454 e. The number of aryl methyl sites for hydroxylation is 3. The number of pyridine rings is 1. The highest BCUT2D eigenvalue weighted by molar-refractivity contribution is 6.14. The summed E-state index contributed by atoms with van der Waals surface area (Å²) < 4.78 is 115. The van der Waals surface area contributed by atoms with Crippen molar-refractivity contribution >= 4 is 21.9 Å². The summed E-state index contributed by atoms with van der Waals surface area (Å²) >= 11 is 0. The second kappa shape index (κ2) is 8.06. The van der Waals surface area contributed by atoms with E-state index in [4.69, 9.17) is 22.2 Å². The standard InChI is InChI=1S/C34H36NO/c1-8-34(9-2)27-13-11-10-12-25(27)31-28(34)17-16-24-23-15-14-21(5)30(32(23)36-33(24)31)29-18-22(6)26(20(3)4)19-35(29)7/h10-20H,8-9H2,1-7H3/q+1/i1D3,2D3,3D3,6D3,20D. The van der Waals surface area contributed by atoms with Crippen LogP contribution in [0.3, 0.4) is 0 Å². The third-order valence-corrected chi connectivity index (χ3v) is 7.78. The lowest BCUT2D eigenvalue weighted by Gasteiger charge is -2.29. The highest BCUT2D eigenvalue weighted by atomic mass is 16.3. The fourth-order valence-corrected chi connectivity index (χ4v) is 5.89. The molecule has 5 aromatic rings. The molecule has 1 aliphatic carbocycles. The Labute approximate surface area is 232 Å². The maximum atomic E-state index is 8.71. The molecule has 1 unspecified atom stereocenters. The number of furan rings is 1. The van der Waals surface area contributed by atoms with E-state index in [9.17, 15) is 0 Å². The Morgan fingerprint density at radius 1 is 0.944 bits per heavy atom. The van der Waals surface area contributed by atoms with Crippen molar-refractivity contribution in [2.45, 2.75) is 65.4 Å². The largest absolute Gasteiger partial charge is 0.454 e. The van der Waals surface area contributed by atoms with Gasteiger partial charge in [0.15, 0.2) is 6.20 Å². The van der Waals surface area contributed by atoms with Gasteiger partial charge in [0.05, 0.1) is 5.56 Å². The molecule has 0 spiro atoms.